The minimum Gasteiger partial charge on any atom is -0.494 e. The highest BCUT2D eigenvalue weighted by atomic mass is 19.1. The van der Waals surface area contributed by atoms with E-state index >= 15 is 0 Å². The molecule has 21 heavy (non-hydrogen) atoms. The van der Waals surface area contributed by atoms with Gasteiger partial charge in [-0.25, -0.2) is 4.39 Å². The Bertz CT molecular complexity index is 486. The molecule has 1 saturated heterocycles. The quantitative estimate of drug-likeness (QED) is 0.876. The summed E-state index contributed by atoms with van der Waals surface area (Å²) in [6, 6.07) is 4.77. The molecule has 1 heterocycles. The molecule has 0 radical (unpaired) electrons. The van der Waals surface area contributed by atoms with Crippen LogP contribution in [0, 0.1) is 5.82 Å². The third-order valence-electron chi connectivity index (χ3n) is 4.00. The molecule has 0 saturated carbocycles. The second-order valence-electron chi connectivity index (χ2n) is 5.52. The molecule has 1 fully saturated rings. The van der Waals surface area contributed by atoms with Crippen molar-refractivity contribution in [3.63, 3.8) is 0 Å². The van der Waals surface area contributed by atoms with E-state index < -0.39 is 11.8 Å². The summed E-state index contributed by atoms with van der Waals surface area (Å²) in [5.41, 5.74) is 0.810. The molecule has 0 amide bonds. The summed E-state index contributed by atoms with van der Waals surface area (Å²) in [7, 11) is 1.43. The average Bonchev–Trinajstić information content (AvgIpc) is 2.47. The number of aliphatic carboxylic acids is 1. The Hall–Kier alpha value is -1.62. The zero-order valence-corrected chi connectivity index (χ0v) is 12.3. The number of carbonyl (C=O) groups is 1. The van der Waals surface area contributed by atoms with Crippen LogP contribution in [0.25, 0.3) is 0 Å². The van der Waals surface area contributed by atoms with Crippen LogP contribution < -0.4 is 4.74 Å². The maximum Gasteiger partial charge on any atom is 0.304 e. The van der Waals surface area contributed by atoms with E-state index in [2.05, 4.69) is 4.90 Å². The van der Waals surface area contributed by atoms with Crippen LogP contribution in [0.15, 0.2) is 18.2 Å². The molecule has 1 aliphatic rings. The topological polar surface area (TPSA) is 49.8 Å². The molecule has 1 unspecified atom stereocenters. The number of likely N-dealkylation sites (tertiary alicyclic amines) is 1. The SMILES string of the molecule is COc1ccc(CC(CC(=O)O)N2CCCCC2)cc1F. The van der Waals surface area contributed by atoms with Crippen molar-refractivity contribution in [1.29, 1.82) is 0 Å². The molecule has 0 aromatic heterocycles. The fraction of sp³-hybridized carbons (Fsp3) is 0.562. The molecule has 116 valence electrons. The summed E-state index contributed by atoms with van der Waals surface area (Å²) in [5, 5.41) is 9.11. The summed E-state index contributed by atoms with van der Waals surface area (Å²) in [4.78, 5) is 13.3. The van der Waals surface area contributed by atoms with Crippen LogP contribution >= 0.6 is 0 Å². The van der Waals surface area contributed by atoms with Crippen molar-refractivity contribution in [2.45, 2.75) is 38.1 Å². The number of halogens is 1. The van der Waals surface area contributed by atoms with Crippen LogP contribution in [0.2, 0.25) is 0 Å². The number of nitrogens with zero attached hydrogens (tertiary/aromatic N) is 1. The number of ether oxygens (including phenoxy) is 1. The van der Waals surface area contributed by atoms with Gasteiger partial charge in [0, 0.05) is 6.04 Å². The summed E-state index contributed by atoms with van der Waals surface area (Å²) < 4.78 is 18.7. The number of hydrogen-bond acceptors (Lipinski definition) is 3. The number of methoxy groups -OCH3 is 1. The highest BCUT2D eigenvalue weighted by molar-refractivity contribution is 5.67. The summed E-state index contributed by atoms with van der Waals surface area (Å²) >= 11 is 0. The van der Waals surface area contributed by atoms with Gasteiger partial charge in [-0.3, -0.25) is 9.69 Å². The van der Waals surface area contributed by atoms with E-state index in [-0.39, 0.29) is 18.2 Å². The van der Waals surface area contributed by atoms with E-state index in [1.165, 1.54) is 19.6 Å². The highest BCUT2D eigenvalue weighted by Crippen LogP contribution is 2.22. The second kappa shape index (κ2) is 7.41. The molecule has 0 bridgehead atoms. The fourth-order valence-corrected chi connectivity index (χ4v) is 2.92. The first kappa shape index (κ1) is 15.8. The maximum absolute atomic E-state index is 13.8. The van der Waals surface area contributed by atoms with Crippen molar-refractivity contribution in [3.8, 4) is 5.75 Å². The molecular formula is C16H22FNO3. The molecule has 4 nitrogen and oxygen atoms in total. The monoisotopic (exact) mass is 295 g/mol. The standard InChI is InChI=1S/C16H22FNO3/c1-21-15-6-5-12(10-14(15)17)9-13(11-16(19)20)18-7-3-2-4-8-18/h5-6,10,13H,2-4,7-9,11H2,1H3,(H,19,20). The van der Waals surface area contributed by atoms with Crippen molar-refractivity contribution >= 4 is 5.97 Å². The van der Waals surface area contributed by atoms with Crippen molar-refractivity contribution < 1.29 is 19.0 Å². The van der Waals surface area contributed by atoms with Crippen molar-refractivity contribution in [3.05, 3.63) is 29.6 Å². The normalized spacial score (nSPS) is 17.4. The lowest BCUT2D eigenvalue weighted by Crippen LogP contribution is -2.41. The Morgan fingerprint density at radius 1 is 1.38 bits per heavy atom. The number of benzene rings is 1. The Balaban J connectivity index is 2.09. The smallest absolute Gasteiger partial charge is 0.304 e. The number of carboxylic acid groups (broad SMARTS) is 1. The fourth-order valence-electron chi connectivity index (χ4n) is 2.92. The molecule has 2 rings (SSSR count). The van der Waals surface area contributed by atoms with Gasteiger partial charge in [-0.05, 0) is 50.0 Å². The number of piperidine rings is 1. The van der Waals surface area contributed by atoms with Gasteiger partial charge in [0.1, 0.15) is 0 Å². The van der Waals surface area contributed by atoms with Gasteiger partial charge in [0.2, 0.25) is 0 Å². The Labute approximate surface area is 124 Å². The van der Waals surface area contributed by atoms with Crippen molar-refractivity contribution in [2.24, 2.45) is 0 Å². The lowest BCUT2D eigenvalue weighted by atomic mass is 9.99. The van der Waals surface area contributed by atoms with Crippen molar-refractivity contribution in [2.75, 3.05) is 20.2 Å². The molecule has 0 aliphatic carbocycles. The maximum atomic E-state index is 13.8. The largest absolute Gasteiger partial charge is 0.494 e. The van der Waals surface area contributed by atoms with Crippen LogP contribution in [-0.2, 0) is 11.2 Å². The molecule has 1 aliphatic heterocycles. The van der Waals surface area contributed by atoms with Crippen LogP contribution in [0.1, 0.15) is 31.2 Å². The Morgan fingerprint density at radius 2 is 2.10 bits per heavy atom. The van der Waals surface area contributed by atoms with Gasteiger partial charge in [-0.15, -0.1) is 0 Å². The van der Waals surface area contributed by atoms with Gasteiger partial charge in [0.25, 0.3) is 0 Å². The van der Waals surface area contributed by atoms with E-state index in [0.29, 0.717) is 6.42 Å². The van der Waals surface area contributed by atoms with Crippen LogP contribution in [0.5, 0.6) is 5.75 Å². The number of carboxylic acids is 1. The van der Waals surface area contributed by atoms with Gasteiger partial charge in [0.15, 0.2) is 11.6 Å². The number of rotatable bonds is 6. The van der Waals surface area contributed by atoms with Gasteiger partial charge in [0.05, 0.1) is 13.5 Å². The van der Waals surface area contributed by atoms with Gasteiger partial charge >= 0.3 is 5.97 Å². The molecule has 1 aromatic rings. The van der Waals surface area contributed by atoms with E-state index in [9.17, 15) is 9.18 Å². The van der Waals surface area contributed by atoms with Crippen LogP contribution in [-0.4, -0.2) is 42.2 Å². The lowest BCUT2D eigenvalue weighted by Gasteiger charge is -2.34. The van der Waals surface area contributed by atoms with Crippen molar-refractivity contribution in [1.82, 2.24) is 4.90 Å². The first-order chi connectivity index (χ1) is 10.1. The van der Waals surface area contributed by atoms with Gasteiger partial charge < -0.3 is 9.84 Å². The third kappa shape index (κ3) is 4.43. The van der Waals surface area contributed by atoms with E-state index in [4.69, 9.17) is 9.84 Å². The summed E-state index contributed by atoms with van der Waals surface area (Å²) in [6.07, 6.45) is 4.05. The van der Waals surface area contributed by atoms with E-state index in [0.717, 1.165) is 31.5 Å². The van der Waals surface area contributed by atoms with Gasteiger partial charge in [-0.2, -0.15) is 0 Å². The molecule has 1 atom stereocenters. The minimum absolute atomic E-state index is 0.0735. The Kier molecular flexibility index (Phi) is 5.56. The van der Waals surface area contributed by atoms with Crippen LogP contribution in [0.4, 0.5) is 4.39 Å². The molecule has 0 spiro atoms. The summed E-state index contributed by atoms with van der Waals surface area (Å²) in [6.45, 7) is 1.85. The average molecular weight is 295 g/mol. The highest BCUT2D eigenvalue weighted by Gasteiger charge is 2.23. The molecular weight excluding hydrogens is 273 g/mol. The zero-order chi connectivity index (χ0) is 15.2. The van der Waals surface area contributed by atoms with E-state index in [1.807, 2.05) is 0 Å². The first-order valence-corrected chi connectivity index (χ1v) is 7.38. The predicted octanol–water partition coefficient (Wildman–Crippen LogP) is 2.71. The van der Waals surface area contributed by atoms with Gasteiger partial charge in [-0.1, -0.05) is 12.5 Å². The summed E-state index contributed by atoms with van der Waals surface area (Å²) in [5.74, 6) is -0.992. The second-order valence-corrected chi connectivity index (χ2v) is 5.52. The van der Waals surface area contributed by atoms with Crippen LogP contribution in [0.3, 0.4) is 0 Å². The zero-order valence-electron chi connectivity index (χ0n) is 12.3. The molecule has 1 N–H and O–H groups in total. The molecule has 5 heteroatoms. The Morgan fingerprint density at radius 3 is 2.67 bits per heavy atom. The minimum atomic E-state index is -0.806. The first-order valence-electron chi connectivity index (χ1n) is 7.38. The molecule has 1 aromatic carbocycles. The number of hydrogen-bond donors (Lipinski definition) is 1. The predicted molar refractivity (Wildman–Crippen MR) is 78.1 cm³/mol. The van der Waals surface area contributed by atoms with E-state index in [1.54, 1.807) is 12.1 Å². The third-order valence-corrected chi connectivity index (χ3v) is 4.00. The lowest BCUT2D eigenvalue weighted by molar-refractivity contribution is -0.138.